The van der Waals surface area contributed by atoms with Crippen LogP contribution < -0.4 is 10.9 Å². The molecule has 1 aliphatic rings. The lowest BCUT2D eigenvalue weighted by atomic mass is 10.0. The average molecular weight is 353 g/mol. The molecule has 2 heterocycles. The van der Waals surface area contributed by atoms with E-state index in [9.17, 15) is 9.59 Å². The lowest BCUT2D eigenvalue weighted by Crippen LogP contribution is -2.40. The lowest BCUT2D eigenvalue weighted by molar-refractivity contribution is 0.0931. The highest BCUT2D eigenvalue weighted by Gasteiger charge is 2.22. The molecule has 26 heavy (non-hydrogen) atoms. The van der Waals surface area contributed by atoms with E-state index in [-0.39, 0.29) is 23.1 Å². The van der Waals surface area contributed by atoms with Crippen LogP contribution in [0.4, 0.5) is 0 Å². The number of hydrogen-bond acceptors (Lipinski definition) is 3. The van der Waals surface area contributed by atoms with E-state index in [0.717, 1.165) is 13.1 Å². The number of rotatable bonds is 5. The molecule has 3 rings (SSSR count). The maximum atomic E-state index is 12.6. The smallest absolute Gasteiger partial charge is 0.263 e. The van der Waals surface area contributed by atoms with E-state index >= 15 is 0 Å². The van der Waals surface area contributed by atoms with Crippen molar-refractivity contribution in [1.82, 2.24) is 14.8 Å². The van der Waals surface area contributed by atoms with Gasteiger partial charge < -0.3 is 9.88 Å². The molecule has 5 heteroatoms. The summed E-state index contributed by atoms with van der Waals surface area (Å²) in [7, 11) is 1.66. The van der Waals surface area contributed by atoms with E-state index in [1.165, 1.54) is 35.8 Å². The summed E-state index contributed by atoms with van der Waals surface area (Å²) in [5.41, 5.74) is 1.13. The van der Waals surface area contributed by atoms with Gasteiger partial charge in [-0.25, -0.2) is 0 Å². The van der Waals surface area contributed by atoms with Gasteiger partial charge in [-0.05, 0) is 43.6 Å². The maximum Gasteiger partial charge on any atom is 0.263 e. The number of nitrogens with zero attached hydrogens (tertiary/aromatic N) is 2. The van der Waals surface area contributed by atoms with E-state index in [1.54, 1.807) is 25.4 Å². The van der Waals surface area contributed by atoms with E-state index in [1.807, 2.05) is 18.2 Å². The predicted octanol–water partition coefficient (Wildman–Crippen LogP) is 2.73. The summed E-state index contributed by atoms with van der Waals surface area (Å²) in [6, 6.07) is 13.7. The fourth-order valence-corrected chi connectivity index (χ4v) is 3.59. The van der Waals surface area contributed by atoms with Gasteiger partial charge in [-0.1, -0.05) is 43.2 Å². The first-order valence-electron chi connectivity index (χ1n) is 9.39. The monoisotopic (exact) mass is 353 g/mol. The highest BCUT2D eigenvalue weighted by atomic mass is 16.2. The first-order chi connectivity index (χ1) is 12.7. The Hall–Kier alpha value is -2.40. The molecule has 138 valence electrons. The van der Waals surface area contributed by atoms with Gasteiger partial charge in [0.1, 0.15) is 5.56 Å². The first kappa shape index (κ1) is 18.4. The third-order valence-electron chi connectivity index (χ3n) is 5.09. The molecule has 0 saturated carbocycles. The number of amides is 1. The number of benzene rings is 1. The summed E-state index contributed by atoms with van der Waals surface area (Å²) in [6.45, 7) is 2.59. The van der Waals surface area contributed by atoms with Gasteiger partial charge in [-0.15, -0.1) is 0 Å². The summed E-state index contributed by atoms with van der Waals surface area (Å²) < 4.78 is 1.43. The van der Waals surface area contributed by atoms with Gasteiger partial charge in [0.25, 0.3) is 11.5 Å². The van der Waals surface area contributed by atoms with Crippen LogP contribution in [0, 0.1) is 0 Å². The molecule has 5 nitrogen and oxygen atoms in total. The molecule has 0 radical (unpaired) electrons. The Morgan fingerprint density at radius 3 is 2.42 bits per heavy atom. The minimum Gasteiger partial charge on any atom is -0.350 e. The Labute approximate surface area is 154 Å². The molecule has 1 aromatic heterocycles. The van der Waals surface area contributed by atoms with E-state index in [0.29, 0.717) is 6.54 Å². The molecule has 1 unspecified atom stereocenters. The van der Waals surface area contributed by atoms with Crippen molar-refractivity contribution in [1.29, 1.82) is 0 Å². The van der Waals surface area contributed by atoms with Gasteiger partial charge in [-0.2, -0.15) is 0 Å². The van der Waals surface area contributed by atoms with Gasteiger partial charge in [0.05, 0.1) is 6.04 Å². The second-order valence-corrected chi connectivity index (χ2v) is 6.92. The van der Waals surface area contributed by atoms with E-state index < -0.39 is 0 Å². The van der Waals surface area contributed by atoms with Crippen LogP contribution in [0.3, 0.4) is 0 Å². The molecule has 0 bridgehead atoms. The second-order valence-electron chi connectivity index (χ2n) is 6.92. The number of aryl methyl sites for hydroxylation is 1. The molecule has 1 aromatic carbocycles. The van der Waals surface area contributed by atoms with Crippen LogP contribution in [0.5, 0.6) is 0 Å². The van der Waals surface area contributed by atoms with Crippen molar-refractivity contribution in [2.45, 2.75) is 31.7 Å². The molecule has 1 fully saturated rings. The Kier molecular flexibility index (Phi) is 6.23. The van der Waals surface area contributed by atoms with Gasteiger partial charge in [0.2, 0.25) is 0 Å². The van der Waals surface area contributed by atoms with Crippen molar-refractivity contribution >= 4 is 5.91 Å². The molecule has 1 N–H and O–H groups in total. The van der Waals surface area contributed by atoms with Crippen molar-refractivity contribution in [3.05, 3.63) is 70.1 Å². The zero-order valence-electron chi connectivity index (χ0n) is 15.4. The second kappa shape index (κ2) is 8.81. The zero-order valence-corrected chi connectivity index (χ0v) is 15.4. The summed E-state index contributed by atoms with van der Waals surface area (Å²) >= 11 is 0. The largest absolute Gasteiger partial charge is 0.350 e. The molecule has 1 amide bonds. The zero-order chi connectivity index (χ0) is 18.4. The highest BCUT2D eigenvalue weighted by Crippen LogP contribution is 2.23. The lowest BCUT2D eigenvalue weighted by Gasteiger charge is -2.31. The van der Waals surface area contributed by atoms with Crippen LogP contribution in [-0.2, 0) is 7.05 Å². The van der Waals surface area contributed by atoms with Crippen molar-refractivity contribution in [3.63, 3.8) is 0 Å². The molecular weight excluding hydrogens is 326 g/mol. The topological polar surface area (TPSA) is 54.3 Å². The molecular formula is C21H27N3O2. The normalized spacial score (nSPS) is 16.7. The minimum atomic E-state index is -0.304. The van der Waals surface area contributed by atoms with Crippen molar-refractivity contribution in [2.24, 2.45) is 7.05 Å². The minimum absolute atomic E-state index is 0.130. The standard InChI is InChI=1S/C21H27N3O2/c1-23-13-9-12-18(21(23)26)20(25)22-16-19(17-10-5-4-6-11-17)24-14-7-2-3-8-15-24/h4-6,9-13,19H,2-3,7-8,14-16H2,1H3,(H,22,25). The highest BCUT2D eigenvalue weighted by molar-refractivity contribution is 5.93. The quantitative estimate of drug-likeness (QED) is 0.899. The van der Waals surface area contributed by atoms with E-state index in [4.69, 9.17) is 0 Å². The number of hydrogen-bond donors (Lipinski definition) is 1. The number of aromatic nitrogens is 1. The molecule has 2 aromatic rings. The van der Waals surface area contributed by atoms with Gasteiger partial charge in [0.15, 0.2) is 0 Å². The van der Waals surface area contributed by atoms with Gasteiger partial charge in [0, 0.05) is 19.8 Å². The van der Waals surface area contributed by atoms with Crippen molar-refractivity contribution in [3.8, 4) is 0 Å². The van der Waals surface area contributed by atoms with Crippen LogP contribution in [0.15, 0.2) is 53.5 Å². The predicted molar refractivity (Wildman–Crippen MR) is 103 cm³/mol. The molecule has 0 aliphatic carbocycles. The fourth-order valence-electron chi connectivity index (χ4n) is 3.59. The first-order valence-corrected chi connectivity index (χ1v) is 9.39. The maximum absolute atomic E-state index is 12.6. The Balaban J connectivity index is 1.76. The van der Waals surface area contributed by atoms with E-state index in [2.05, 4.69) is 22.3 Å². The third kappa shape index (κ3) is 4.41. The number of carbonyl (C=O) groups is 1. The number of carbonyl (C=O) groups excluding carboxylic acids is 1. The summed E-state index contributed by atoms with van der Waals surface area (Å²) in [4.78, 5) is 27.2. The summed E-state index contributed by atoms with van der Waals surface area (Å²) in [6.07, 6.45) is 6.57. The SMILES string of the molecule is Cn1cccc(C(=O)NCC(c2ccccc2)N2CCCCCC2)c1=O. The van der Waals surface area contributed by atoms with Gasteiger partial charge >= 0.3 is 0 Å². The molecule has 0 spiro atoms. The molecule has 1 aliphatic heterocycles. The van der Waals surface area contributed by atoms with Crippen molar-refractivity contribution in [2.75, 3.05) is 19.6 Å². The number of likely N-dealkylation sites (tertiary alicyclic amines) is 1. The average Bonchev–Trinajstić information content (AvgIpc) is 2.94. The van der Waals surface area contributed by atoms with Crippen LogP contribution in [-0.4, -0.2) is 35.0 Å². The Morgan fingerprint density at radius 2 is 1.73 bits per heavy atom. The van der Waals surface area contributed by atoms with Gasteiger partial charge in [-0.3, -0.25) is 14.5 Å². The summed E-state index contributed by atoms with van der Waals surface area (Å²) in [5.74, 6) is -0.304. The van der Waals surface area contributed by atoms with Crippen molar-refractivity contribution < 1.29 is 4.79 Å². The van der Waals surface area contributed by atoms with Crippen LogP contribution in [0.2, 0.25) is 0 Å². The van der Waals surface area contributed by atoms with Crippen LogP contribution in [0.1, 0.15) is 47.6 Å². The Morgan fingerprint density at radius 1 is 1.04 bits per heavy atom. The molecule has 1 atom stereocenters. The fraction of sp³-hybridized carbons (Fsp3) is 0.429. The number of pyridine rings is 1. The molecule has 1 saturated heterocycles. The number of nitrogens with one attached hydrogen (secondary N) is 1. The van der Waals surface area contributed by atoms with Crippen LogP contribution in [0.25, 0.3) is 0 Å². The Bertz CT molecular complexity index is 777. The van der Waals surface area contributed by atoms with Crippen LogP contribution >= 0.6 is 0 Å². The third-order valence-corrected chi connectivity index (χ3v) is 5.09. The summed E-state index contributed by atoms with van der Waals surface area (Å²) in [5, 5.41) is 2.99.